The van der Waals surface area contributed by atoms with Gasteiger partial charge in [0.1, 0.15) is 0 Å². The van der Waals surface area contributed by atoms with Crippen molar-refractivity contribution < 1.29 is 0 Å². The highest BCUT2D eigenvalue weighted by Crippen LogP contribution is 2.36. The van der Waals surface area contributed by atoms with Gasteiger partial charge in [-0.2, -0.15) is 16.6 Å². The van der Waals surface area contributed by atoms with E-state index in [0.717, 1.165) is 19.0 Å². The van der Waals surface area contributed by atoms with Gasteiger partial charge in [0.05, 0.1) is 12.0 Å². The third kappa shape index (κ3) is 3.19. The molecule has 1 aromatic rings. The lowest BCUT2D eigenvalue weighted by Gasteiger charge is -2.33. The Balaban J connectivity index is 1.75. The second-order valence-corrected chi connectivity index (χ2v) is 6.76. The molecule has 1 aromatic heterocycles. The molecule has 0 spiro atoms. The van der Waals surface area contributed by atoms with Crippen LogP contribution in [0.3, 0.4) is 0 Å². The molecule has 0 radical (unpaired) electrons. The quantitative estimate of drug-likeness (QED) is 0.770. The van der Waals surface area contributed by atoms with E-state index < -0.39 is 0 Å². The van der Waals surface area contributed by atoms with Crippen molar-refractivity contribution in [2.75, 3.05) is 0 Å². The Bertz CT molecular complexity index is 430. The fraction of sp³-hybridized carbons (Fsp3) is 0.688. The predicted molar refractivity (Wildman–Crippen MR) is 78.9 cm³/mol. The first-order valence-electron chi connectivity index (χ1n) is 7.55. The summed E-state index contributed by atoms with van der Waals surface area (Å²) >= 11 is 1.78. The van der Waals surface area contributed by atoms with Crippen LogP contribution in [0.1, 0.15) is 50.5 Å². The molecule has 3 rings (SSSR count). The van der Waals surface area contributed by atoms with Crippen LogP contribution in [-0.2, 0) is 6.54 Å². The average molecular weight is 274 g/mol. The first-order chi connectivity index (χ1) is 9.38. The summed E-state index contributed by atoms with van der Waals surface area (Å²) in [6.07, 6.45) is 8.84. The highest BCUT2D eigenvalue weighted by Gasteiger charge is 2.37. The lowest BCUT2D eigenvalue weighted by atomic mass is 9.94. The van der Waals surface area contributed by atoms with E-state index in [9.17, 15) is 5.26 Å². The van der Waals surface area contributed by atoms with E-state index >= 15 is 0 Å². The number of nitrogens with zero attached hydrogens (tertiary/aromatic N) is 2. The molecule has 19 heavy (non-hydrogen) atoms. The molecule has 1 heterocycles. The summed E-state index contributed by atoms with van der Waals surface area (Å²) in [6, 6.07) is 6.08. The van der Waals surface area contributed by atoms with E-state index in [1.54, 1.807) is 11.3 Å². The lowest BCUT2D eigenvalue weighted by molar-refractivity contribution is 0.136. The van der Waals surface area contributed by atoms with Gasteiger partial charge in [0, 0.05) is 18.6 Å². The van der Waals surface area contributed by atoms with Crippen LogP contribution in [0.2, 0.25) is 0 Å². The highest BCUT2D eigenvalue weighted by atomic mass is 32.1. The molecule has 2 fully saturated rings. The smallest absolute Gasteiger partial charge is 0.0672 e. The summed E-state index contributed by atoms with van der Waals surface area (Å²) < 4.78 is 0. The molecule has 2 unspecified atom stereocenters. The van der Waals surface area contributed by atoms with Crippen molar-refractivity contribution in [1.82, 2.24) is 4.90 Å². The van der Waals surface area contributed by atoms with Crippen LogP contribution >= 0.6 is 11.3 Å². The lowest BCUT2D eigenvalue weighted by Crippen LogP contribution is -2.40. The number of hydrogen-bond acceptors (Lipinski definition) is 3. The van der Waals surface area contributed by atoms with Gasteiger partial charge < -0.3 is 0 Å². The third-order valence-electron chi connectivity index (χ3n) is 4.53. The Labute approximate surface area is 120 Å². The Morgan fingerprint density at radius 3 is 2.74 bits per heavy atom. The minimum Gasteiger partial charge on any atom is -0.292 e. The van der Waals surface area contributed by atoms with Crippen molar-refractivity contribution in [3.63, 3.8) is 0 Å². The average Bonchev–Trinajstić information content (AvgIpc) is 3.19. The van der Waals surface area contributed by atoms with Gasteiger partial charge in [0.15, 0.2) is 0 Å². The monoisotopic (exact) mass is 274 g/mol. The predicted octanol–water partition coefficient (Wildman–Crippen LogP) is 4.18. The van der Waals surface area contributed by atoms with Gasteiger partial charge in [-0.05, 0) is 48.1 Å². The van der Waals surface area contributed by atoms with E-state index in [4.69, 9.17) is 0 Å². The molecule has 0 amide bonds. The zero-order valence-corrected chi connectivity index (χ0v) is 12.2. The van der Waals surface area contributed by atoms with Crippen LogP contribution in [0.25, 0.3) is 0 Å². The summed E-state index contributed by atoms with van der Waals surface area (Å²) in [4.78, 5) is 2.65. The van der Waals surface area contributed by atoms with E-state index in [1.165, 1.54) is 44.1 Å². The molecule has 0 N–H and O–H groups in total. The van der Waals surface area contributed by atoms with Gasteiger partial charge in [0.2, 0.25) is 0 Å². The summed E-state index contributed by atoms with van der Waals surface area (Å²) in [5.41, 5.74) is 1.43. The van der Waals surface area contributed by atoms with Crippen LogP contribution in [0, 0.1) is 17.2 Å². The maximum absolute atomic E-state index is 9.49. The second kappa shape index (κ2) is 6.07. The molecule has 0 bridgehead atoms. The van der Waals surface area contributed by atoms with Gasteiger partial charge >= 0.3 is 0 Å². The van der Waals surface area contributed by atoms with Crippen molar-refractivity contribution >= 4 is 11.3 Å². The van der Waals surface area contributed by atoms with Gasteiger partial charge in [-0.15, -0.1) is 0 Å². The minimum atomic E-state index is 0.252. The van der Waals surface area contributed by atoms with Gasteiger partial charge in [-0.3, -0.25) is 4.90 Å². The normalized spacial score (nSPS) is 28.0. The van der Waals surface area contributed by atoms with Crippen LogP contribution in [0.4, 0.5) is 0 Å². The largest absolute Gasteiger partial charge is 0.292 e. The number of nitriles is 1. The molecule has 2 atom stereocenters. The maximum atomic E-state index is 9.49. The van der Waals surface area contributed by atoms with Crippen molar-refractivity contribution in [3.05, 3.63) is 22.4 Å². The molecule has 0 saturated heterocycles. The SMILES string of the molecule is N#CC1CCCCCC1N(Cc1ccsc1)C1CC1. The summed E-state index contributed by atoms with van der Waals surface area (Å²) in [7, 11) is 0. The number of thiophene rings is 1. The van der Waals surface area contributed by atoms with E-state index in [2.05, 4.69) is 27.8 Å². The molecule has 0 aromatic carbocycles. The first-order valence-corrected chi connectivity index (χ1v) is 8.49. The van der Waals surface area contributed by atoms with Crippen molar-refractivity contribution in [3.8, 4) is 6.07 Å². The van der Waals surface area contributed by atoms with Gasteiger partial charge in [0.25, 0.3) is 0 Å². The highest BCUT2D eigenvalue weighted by molar-refractivity contribution is 7.07. The van der Waals surface area contributed by atoms with Crippen LogP contribution in [-0.4, -0.2) is 17.0 Å². The molecule has 2 aliphatic carbocycles. The molecule has 2 aliphatic rings. The number of hydrogen-bond donors (Lipinski definition) is 0. The Kier molecular flexibility index (Phi) is 4.20. The van der Waals surface area contributed by atoms with Gasteiger partial charge in [-0.25, -0.2) is 0 Å². The minimum absolute atomic E-state index is 0.252. The summed E-state index contributed by atoms with van der Waals surface area (Å²) in [6.45, 7) is 1.05. The molecule has 0 aliphatic heterocycles. The van der Waals surface area contributed by atoms with Gasteiger partial charge in [-0.1, -0.05) is 19.3 Å². The molecular formula is C16H22N2S. The second-order valence-electron chi connectivity index (χ2n) is 5.98. The molecule has 2 saturated carbocycles. The molecular weight excluding hydrogens is 252 g/mol. The standard InChI is InChI=1S/C16H22N2S/c17-10-14-4-2-1-3-5-16(14)18(15-6-7-15)11-13-8-9-19-12-13/h8-9,12,14-16H,1-7,11H2. The first kappa shape index (κ1) is 13.1. The van der Waals surface area contributed by atoms with Crippen LogP contribution in [0.5, 0.6) is 0 Å². The fourth-order valence-corrected chi connectivity index (χ4v) is 4.01. The van der Waals surface area contributed by atoms with Crippen LogP contribution < -0.4 is 0 Å². The summed E-state index contributed by atoms with van der Waals surface area (Å²) in [5.74, 6) is 0.252. The topological polar surface area (TPSA) is 27.0 Å². The molecule has 102 valence electrons. The molecule has 3 heteroatoms. The summed E-state index contributed by atoms with van der Waals surface area (Å²) in [5, 5.41) is 13.9. The maximum Gasteiger partial charge on any atom is 0.0672 e. The zero-order chi connectivity index (χ0) is 13.1. The Hall–Kier alpha value is -0.850. The van der Waals surface area contributed by atoms with Crippen LogP contribution in [0.15, 0.2) is 16.8 Å². The van der Waals surface area contributed by atoms with Crippen molar-refractivity contribution in [2.24, 2.45) is 5.92 Å². The van der Waals surface area contributed by atoms with E-state index in [1.807, 2.05) is 0 Å². The fourth-order valence-electron chi connectivity index (χ4n) is 3.35. The third-order valence-corrected chi connectivity index (χ3v) is 5.26. The Morgan fingerprint density at radius 1 is 1.21 bits per heavy atom. The molecule has 2 nitrogen and oxygen atoms in total. The van der Waals surface area contributed by atoms with E-state index in [0.29, 0.717) is 6.04 Å². The van der Waals surface area contributed by atoms with E-state index in [-0.39, 0.29) is 5.92 Å². The van der Waals surface area contributed by atoms with Crippen molar-refractivity contribution in [2.45, 2.75) is 63.6 Å². The Morgan fingerprint density at radius 2 is 2.05 bits per heavy atom. The van der Waals surface area contributed by atoms with Crippen molar-refractivity contribution in [1.29, 1.82) is 5.26 Å². The number of rotatable bonds is 4. The zero-order valence-electron chi connectivity index (χ0n) is 11.4.